The molecule has 0 bridgehead atoms. The number of rotatable bonds is 8. The molecule has 0 saturated heterocycles. The molecule has 2 aromatic rings. The largest absolute Gasteiger partial charge is 0.548 e. The Kier molecular flexibility index (Phi) is 8.36. The van der Waals surface area contributed by atoms with Gasteiger partial charge in [-0.2, -0.15) is 0 Å². The molecule has 6 N–H and O–H groups in total. The highest BCUT2D eigenvalue weighted by molar-refractivity contribution is 6.35. The Morgan fingerprint density at radius 2 is 1.79 bits per heavy atom. The van der Waals surface area contributed by atoms with Gasteiger partial charge >= 0.3 is 0 Å². The maximum Gasteiger partial charge on any atom is 0.255 e. The summed E-state index contributed by atoms with van der Waals surface area (Å²) < 4.78 is 5.26. The number of amides is 1. The second-order valence-electron chi connectivity index (χ2n) is 5.45. The van der Waals surface area contributed by atoms with Crippen molar-refractivity contribution in [1.29, 1.82) is 5.41 Å². The van der Waals surface area contributed by atoms with Crippen molar-refractivity contribution in [1.82, 2.24) is 0 Å². The fraction of sp³-hybridized carbons (Fsp3) is 0.118. The number of aliphatic carboxylic acids is 1. The highest BCUT2D eigenvalue weighted by Crippen LogP contribution is 2.37. The van der Waals surface area contributed by atoms with Crippen LogP contribution in [0.3, 0.4) is 0 Å². The number of carbonyl (C=O) groups is 2. The first-order chi connectivity index (χ1) is 12.7. The van der Waals surface area contributed by atoms with Crippen LogP contribution in [0.1, 0.15) is 17.2 Å². The van der Waals surface area contributed by atoms with Gasteiger partial charge in [0.15, 0.2) is 6.61 Å². The average Bonchev–Trinajstić information content (AvgIpc) is 2.58. The number of nitrogen functional groups attached to an aromatic ring is 1. The monoisotopic (exact) mass is 445 g/mol. The summed E-state index contributed by atoms with van der Waals surface area (Å²) in [5.41, 5.74) is 11.4. The molecule has 0 saturated carbocycles. The standard InChI is InChI=1S/C17H16Cl2N4O4.ClH/c18-9-5-11(15(12(19)6-9)27-7-13(20)24)14(17(25)26)23-10-3-1-8(2-4-10)16(21)22;/h1-6,14,23H,7H2,(H2,20,24)(H3,21,22)(H,25,26);1H/p-1. The number of benzene rings is 2. The molecule has 11 heteroatoms. The number of hydrogen-bond donors (Lipinski definition) is 4. The first-order valence-corrected chi connectivity index (χ1v) is 8.26. The molecule has 0 aliphatic rings. The van der Waals surface area contributed by atoms with Gasteiger partial charge in [-0.05, 0) is 36.4 Å². The number of anilines is 1. The van der Waals surface area contributed by atoms with Crippen LogP contribution in [0, 0.1) is 5.41 Å². The predicted octanol–water partition coefficient (Wildman–Crippen LogP) is 1.47. The Morgan fingerprint density at radius 1 is 1.18 bits per heavy atom. The molecule has 0 spiro atoms. The van der Waals surface area contributed by atoms with E-state index in [9.17, 15) is 14.7 Å². The molecule has 1 amide bonds. The maximum atomic E-state index is 11.7. The van der Waals surface area contributed by atoms with E-state index in [2.05, 4.69) is 5.32 Å². The molecular formula is C17H16Cl3N4O4-. The molecule has 0 aromatic heterocycles. The smallest absolute Gasteiger partial charge is 0.255 e. The molecule has 0 aliphatic heterocycles. The summed E-state index contributed by atoms with van der Waals surface area (Å²) in [7, 11) is 0. The molecular weight excluding hydrogens is 431 g/mol. The fourth-order valence-corrected chi connectivity index (χ4v) is 2.83. The molecule has 2 aromatic carbocycles. The number of carboxylic acid groups (broad SMARTS) is 1. The Bertz CT molecular complexity index is 891. The Balaban J connectivity index is 0.00000392. The van der Waals surface area contributed by atoms with Crippen LogP contribution in [0.2, 0.25) is 10.0 Å². The summed E-state index contributed by atoms with van der Waals surface area (Å²) in [6, 6.07) is 7.47. The fourth-order valence-electron chi connectivity index (χ4n) is 2.27. The third-order valence-corrected chi connectivity index (χ3v) is 3.95. The molecule has 0 aliphatic carbocycles. The minimum atomic E-state index is -1.48. The van der Waals surface area contributed by atoms with E-state index in [1.54, 1.807) is 24.3 Å². The van der Waals surface area contributed by atoms with Crippen molar-refractivity contribution in [2.75, 3.05) is 11.9 Å². The first kappa shape index (κ1) is 23.4. The zero-order valence-electron chi connectivity index (χ0n) is 14.2. The van der Waals surface area contributed by atoms with Crippen molar-refractivity contribution in [2.24, 2.45) is 11.5 Å². The number of carbonyl (C=O) groups excluding carboxylic acids is 2. The quantitative estimate of drug-likeness (QED) is 0.355. The Morgan fingerprint density at radius 3 is 2.29 bits per heavy atom. The van der Waals surface area contributed by atoms with Gasteiger partial charge in [0.05, 0.1) is 17.0 Å². The molecule has 2 rings (SSSR count). The van der Waals surface area contributed by atoms with Crippen molar-refractivity contribution >= 4 is 59.0 Å². The minimum absolute atomic E-state index is 0. The van der Waals surface area contributed by atoms with Crippen molar-refractivity contribution in [3.05, 3.63) is 57.6 Å². The lowest BCUT2D eigenvalue weighted by molar-refractivity contribution is -0.307. The van der Waals surface area contributed by atoms with Gasteiger partial charge in [-0.3, -0.25) is 10.2 Å². The number of hydrogen-bond acceptors (Lipinski definition) is 6. The van der Waals surface area contributed by atoms with E-state index in [0.29, 0.717) is 11.3 Å². The second kappa shape index (κ2) is 10.0. The van der Waals surface area contributed by atoms with Crippen LogP contribution in [-0.2, 0) is 9.59 Å². The number of ether oxygens (including phenoxy) is 1. The molecule has 1 atom stereocenters. The molecule has 150 valence electrons. The van der Waals surface area contributed by atoms with Crippen LogP contribution < -0.4 is 26.6 Å². The lowest BCUT2D eigenvalue weighted by Gasteiger charge is -2.24. The molecule has 28 heavy (non-hydrogen) atoms. The van der Waals surface area contributed by atoms with Crippen LogP contribution in [-0.4, -0.2) is 24.3 Å². The molecule has 1 unspecified atom stereocenters. The number of nitrogens with one attached hydrogen (secondary N) is 2. The molecule has 0 heterocycles. The van der Waals surface area contributed by atoms with Crippen LogP contribution in [0.15, 0.2) is 36.4 Å². The van der Waals surface area contributed by atoms with Gasteiger partial charge in [-0.15, -0.1) is 12.4 Å². The first-order valence-electron chi connectivity index (χ1n) is 7.51. The molecule has 0 radical (unpaired) electrons. The van der Waals surface area contributed by atoms with Crippen molar-refractivity contribution in [3.63, 3.8) is 0 Å². The van der Waals surface area contributed by atoms with Gasteiger partial charge in [-0.25, -0.2) is 0 Å². The third-order valence-electron chi connectivity index (χ3n) is 3.45. The topological polar surface area (TPSA) is 154 Å². The van der Waals surface area contributed by atoms with Gasteiger partial charge in [0, 0.05) is 21.8 Å². The Labute approximate surface area is 176 Å². The summed E-state index contributed by atoms with van der Waals surface area (Å²) in [5.74, 6) is -2.42. The van der Waals surface area contributed by atoms with Crippen LogP contribution in [0.25, 0.3) is 0 Å². The summed E-state index contributed by atoms with van der Waals surface area (Å²) in [6.45, 7) is -0.499. The maximum absolute atomic E-state index is 11.7. The highest BCUT2D eigenvalue weighted by atomic mass is 35.5. The predicted molar refractivity (Wildman–Crippen MR) is 107 cm³/mol. The van der Waals surface area contributed by atoms with Gasteiger partial charge in [0.2, 0.25) is 0 Å². The van der Waals surface area contributed by atoms with Gasteiger partial charge < -0.3 is 31.4 Å². The summed E-state index contributed by atoms with van der Waals surface area (Å²) in [5, 5.41) is 22.0. The van der Waals surface area contributed by atoms with E-state index < -0.39 is 24.5 Å². The number of nitrogens with two attached hydrogens (primary N) is 2. The lowest BCUT2D eigenvalue weighted by Crippen LogP contribution is -2.35. The summed E-state index contributed by atoms with van der Waals surface area (Å²) in [6.07, 6.45) is 0. The lowest BCUT2D eigenvalue weighted by atomic mass is 10.0. The van der Waals surface area contributed by atoms with E-state index in [0.717, 1.165) is 0 Å². The SMILES string of the molecule is Cl.N=C(N)c1ccc(NC(C(=O)[O-])c2cc(Cl)cc(Cl)c2OCC(N)=O)cc1. The van der Waals surface area contributed by atoms with E-state index >= 15 is 0 Å². The van der Waals surface area contributed by atoms with Crippen LogP contribution in [0.4, 0.5) is 5.69 Å². The normalized spacial score (nSPS) is 11.1. The van der Waals surface area contributed by atoms with E-state index in [4.69, 9.17) is 44.8 Å². The van der Waals surface area contributed by atoms with Crippen LogP contribution in [0.5, 0.6) is 5.75 Å². The van der Waals surface area contributed by atoms with Crippen molar-refractivity contribution in [3.8, 4) is 5.75 Å². The van der Waals surface area contributed by atoms with Gasteiger partial charge in [0.1, 0.15) is 11.6 Å². The molecule has 8 nitrogen and oxygen atoms in total. The van der Waals surface area contributed by atoms with E-state index in [-0.39, 0.29) is 39.6 Å². The van der Waals surface area contributed by atoms with E-state index in [1.807, 2.05) is 0 Å². The van der Waals surface area contributed by atoms with E-state index in [1.165, 1.54) is 12.1 Å². The summed E-state index contributed by atoms with van der Waals surface area (Å²) in [4.78, 5) is 22.7. The number of carboxylic acids is 1. The Hall–Kier alpha value is -2.68. The summed E-state index contributed by atoms with van der Waals surface area (Å²) >= 11 is 12.1. The number of halogens is 3. The van der Waals surface area contributed by atoms with Gasteiger partial charge in [0.25, 0.3) is 5.91 Å². The second-order valence-corrected chi connectivity index (χ2v) is 6.29. The highest BCUT2D eigenvalue weighted by Gasteiger charge is 2.22. The van der Waals surface area contributed by atoms with Crippen molar-refractivity contribution in [2.45, 2.75) is 6.04 Å². The number of primary amides is 1. The zero-order valence-corrected chi connectivity index (χ0v) is 16.5. The zero-order chi connectivity index (χ0) is 20.1. The van der Waals surface area contributed by atoms with Gasteiger partial charge in [-0.1, -0.05) is 23.2 Å². The minimum Gasteiger partial charge on any atom is -0.548 e. The number of amidine groups is 1. The van der Waals surface area contributed by atoms with Crippen LogP contribution >= 0.6 is 35.6 Å². The third kappa shape index (κ3) is 5.91. The average molecular weight is 447 g/mol. The molecule has 0 fully saturated rings. The van der Waals surface area contributed by atoms with Crippen molar-refractivity contribution < 1.29 is 19.4 Å².